The van der Waals surface area contributed by atoms with Crippen LogP contribution in [0.4, 0.5) is 5.82 Å². The molecule has 1 amide bonds. The van der Waals surface area contributed by atoms with E-state index in [-0.39, 0.29) is 36.7 Å². The van der Waals surface area contributed by atoms with Crippen LogP contribution < -0.4 is 5.32 Å². The SMILES string of the molecule is O=C(O)CCCC(=O)Nc1cc(O)ccn1. The van der Waals surface area contributed by atoms with Crippen molar-refractivity contribution in [2.24, 2.45) is 0 Å². The maximum atomic E-state index is 11.3. The highest BCUT2D eigenvalue weighted by molar-refractivity contribution is 5.90. The molecule has 0 aliphatic rings. The van der Waals surface area contributed by atoms with Gasteiger partial charge < -0.3 is 15.5 Å². The molecule has 1 heterocycles. The van der Waals surface area contributed by atoms with Gasteiger partial charge in [0.1, 0.15) is 11.6 Å². The van der Waals surface area contributed by atoms with Crippen LogP contribution in [0.5, 0.6) is 5.75 Å². The second-order valence-electron chi connectivity index (χ2n) is 3.19. The Bertz CT molecular complexity index is 392. The summed E-state index contributed by atoms with van der Waals surface area (Å²) in [4.78, 5) is 25.3. The molecule has 16 heavy (non-hydrogen) atoms. The molecule has 0 atom stereocenters. The number of carboxylic acids is 1. The zero-order valence-corrected chi connectivity index (χ0v) is 8.51. The number of carbonyl (C=O) groups excluding carboxylic acids is 1. The van der Waals surface area contributed by atoms with Crippen LogP contribution in [0.1, 0.15) is 19.3 Å². The molecule has 1 aromatic heterocycles. The monoisotopic (exact) mass is 224 g/mol. The van der Waals surface area contributed by atoms with E-state index in [9.17, 15) is 9.59 Å². The van der Waals surface area contributed by atoms with Crippen molar-refractivity contribution in [2.45, 2.75) is 19.3 Å². The first kappa shape index (κ1) is 12.0. The fraction of sp³-hybridized carbons (Fsp3) is 0.300. The third kappa shape index (κ3) is 4.41. The number of aromatic nitrogens is 1. The summed E-state index contributed by atoms with van der Waals surface area (Å²) >= 11 is 0. The Morgan fingerprint density at radius 1 is 1.38 bits per heavy atom. The zero-order valence-electron chi connectivity index (χ0n) is 8.51. The Morgan fingerprint density at radius 2 is 2.12 bits per heavy atom. The summed E-state index contributed by atoms with van der Waals surface area (Å²) < 4.78 is 0. The summed E-state index contributed by atoms with van der Waals surface area (Å²) in [5.41, 5.74) is 0. The number of anilines is 1. The lowest BCUT2D eigenvalue weighted by Crippen LogP contribution is -2.12. The van der Waals surface area contributed by atoms with Gasteiger partial charge in [-0.25, -0.2) is 4.98 Å². The predicted molar refractivity (Wildman–Crippen MR) is 56.0 cm³/mol. The Balaban J connectivity index is 2.37. The first-order valence-electron chi connectivity index (χ1n) is 4.74. The predicted octanol–water partition coefficient (Wildman–Crippen LogP) is 0.981. The van der Waals surface area contributed by atoms with Gasteiger partial charge in [-0.2, -0.15) is 0 Å². The van der Waals surface area contributed by atoms with Crippen LogP contribution in [0.2, 0.25) is 0 Å². The van der Waals surface area contributed by atoms with Gasteiger partial charge in [-0.15, -0.1) is 0 Å². The fourth-order valence-corrected chi connectivity index (χ4v) is 1.09. The zero-order chi connectivity index (χ0) is 12.0. The molecule has 0 aliphatic heterocycles. The first-order chi connectivity index (χ1) is 7.58. The standard InChI is InChI=1S/C10H12N2O4/c13-7-4-5-11-8(6-7)12-9(14)2-1-3-10(15)16/h4-6H,1-3H2,(H,15,16)(H2,11,12,13,14). The highest BCUT2D eigenvalue weighted by atomic mass is 16.4. The van der Waals surface area contributed by atoms with Gasteiger partial charge in [0, 0.05) is 25.1 Å². The van der Waals surface area contributed by atoms with Crippen LogP contribution in [-0.4, -0.2) is 27.1 Å². The number of rotatable bonds is 5. The molecular formula is C10H12N2O4. The number of carbonyl (C=O) groups is 2. The van der Waals surface area contributed by atoms with Crippen molar-refractivity contribution in [2.75, 3.05) is 5.32 Å². The Labute approximate surface area is 91.9 Å². The number of amides is 1. The molecule has 6 nitrogen and oxygen atoms in total. The van der Waals surface area contributed by atoms with Gasteiger partial charge in [0.2, 0.25) is 5.91 Å². The maximum Gasteiger partial charge on any atom is 0.303 e. The second kappa shape index (κ2) is 5.69. The fourth-order valence-electron chi connectivity index (χ4n) is 1.09. The normalized spacial score (nSPS) is 9.75. The van der Waals surface area contributed by atoms with Crippen molar-refractivity contribution in [3.05, 3.63) is 18.3 Å². The molecule has 0 spiro atoms. The van der Waals surface area contributed by atoms with E-state index in [0.29, 0.717) is 0 Å². The minimum atomic E-state index is -0.928. The number of nitrogens with zero attached hydrogens (tertiary/aromatic N) is 1. The van der Waals surface area contributed by atoms with Crippen molar-refractivity contribution in [1.29, 1.82) is 0 Å². The molecule has 0 saturated heterocycles. The summed E-state index contributed by atoms with van der Waals surface area (Å²) in [7, 11) is 0. The number of aromatic hydroxyl groups is 1. The third-order valence-corrected chi connectivity index (χ3v) is 1.81. The Hall–Kier alpha value is -2.11. The smallest absolute Gasteiger partial charge is 0.303 e. The lowest BCUT2D eigenvalue weighted by atomic mass is 10.2. The number of nitrogens with one attached hydrogen (secondary N) is 1. The third-order valence-electron chi connectivity index (χ3n) is 1.81. The van der Waals surface area contributed by atoms with E-state index in [0.717, 1.165) is 0 Å². The number of hydrogen-bond acceptors (Lipinski definition) is 4. The van der Waals surface area contributed by atoms with E-state index in [1.165, 1.54) is 18.3 Å². The summed E-state index contributed by atoms with van der Waals surface area (Å²) in [6, 6.07) is 2.70. The van der Waals surface area contributed by atoms with Crippen LogP contribution in [0.25, 0.3) is 0 Å². The van der Waals surface area contributed by atoms with Crippen LogP contribution >= 0.6 is 0 Å². The van der Waals surface area contributed by atoms with Gasteiger partial charge in [-0.05, 0) is 12.5 Å². The van der Waals surface area contributed by atoms with Gasteiger partial charge in [0.05, 0.1) is 0 Å². The molecule has 1 rings (SSSR count). The van der Waals surface area contributed by atoms with E-state index < -0.39 is 5.97 Å². The molecule has 6 heteroatoms. The molecule has 0 fully saturated rings. The van der Waals surface area contributed by atoms with E-state index in [1.807, 2.05) is 0 Å². The Kier molecular flexibility index (Phi) is 4.26. The summed E-state index contributed by atoms with van der Waals surface area (Å²) in [5.74, 6) is -0.987. The number of hydrogen-bond donors (Lipinski definition) is 3. The van der Waals surface area contributed by atoms with Crippen molar-refractivity contribution >= 4 is 17.7 Å². The molecule has 0 saturated carbocycles. The molecule has 0 bridgehead atoms. The number of aliphatic carboxylic acids is 1. The van der Waals surface area contributed by atoms with E-state index in [2.05, 4.69) is 10.3 Å². The van der Waals surface area contributed by atoms with Gasteiger partial charge in [-0.1, -0.05) is 0 Å². The Morgan fingerprint density at radius 3 is 2.75 bits per heavy atom. The average molecular weight is 224 g/mol. The van der Waals surface area contributed by atoms with Crippen LogP contribution in [0.15, 0.2) is 18.3 Å². The highest BCUT2D eigenvalue weighted by Gasteiger charge is 2.05. The maximum absolute atomic E-state index is 11.3. The lowest BCUT2D eigenvalue weighted by molar-refractivity contribution is -0.137. The first-order valence-corrected chi connectivity index (χ1v) is 4.74. The molecule has 0 aliphatic carbocycles. The number of carboxylic acid groups (broad SMARTS) is 1. The quantitative estimate of drug-likeness (QED) is 0.692. The highest BCUT2D eigenvalue weighted by Crippen LogP contribution is 2.12. The van der Waals surface area contributed by atoms with E-state index in [1.54, 1.807) is 0 Å². The molecule has 0 unspecified atom stereocenters. The summed E-state index contributed by atoms with van der Waals surface area (Å²) in [5, 5.41) is 19.9. The molecule has 3 N–H and O–H groups in total. The number of pyridine rings is 1. The van der Waals surface area contributed by atoms with Gasteiger partial charge in [-0.3, -0.25) is 9.59 Å². The lowest BCUT2D eigenvalue weighted by Gasteiger charge is -2.03. The van der Waals surface area contributed by atoms with Crippen molar-refractivity contribution in [1.82, 2.24) is 4.98 Å². The van der Waals surface area contributed by atoms with E-state index >= 15 is 0 Å². The average Bonchev–Trinajstić information content (AvgIpc) is 2.16. The van der Waals surface area contributed by atoms with Crippen molar-refractivity contribution in [3.8, 4) is 5.75 Å². The van der Waals surface area contributed by atoms with Crippen LogP contribution in [0.3, 0.4) is 0 Å². The second-order valence-corrected chi connectivity index (χ2v) is 3.19. The molecule has 86 valence electrons. The van der Waals surface area contributed by atoms with Gasteiger partial charge in [0.25, 0.3) is 0 Å². The summed E-state index contributed by atoms with van der Waals surface area (Å²) in [6.07, 6.45) is 1.71. The van der Waals surface area contributed by atoms with Gasteiger partial charge in [0.15, 0.2) is 0 Å². The largest absolute Gasteiger partial charge is 0.508 e. The van der Waals surface area contributed by atoms with Gasteiger partial charge >= 0.3 is 5.97 Å². The van der Waals surface area contributed by atoms with E-state index in [4.69, 9.17) is 10.2 Å². The molecule has 1 aromatic rings. The minimum Gasteiger partial charge on any atom is -0.508 e. The minimum absolute atomic E-state index is 0.0100. The van der Waals surface area contributed by atoms with Crippen LogP contribution in [0, 0.1) is 0 Å². The van der Waals surface area contributed by atoms with Crippen molar-refractivity contribution in [3.63, 3.8) is 0 Å². The summed E-state index contributed by atoms with van der Waals surface area (Å²) in [6.45, 7) is 0. The molecule has 0 aromatic carbocycles. The topological polar surface area (TPSA) is 99.5 Å². The molecular weight excluding hydrogens is 212 g/mol. The molecule has 0 radical (unpaired) electrons. The van der Waals surface area contributed by atoms with Crippen LogP contribution in [-0.2, 0) is 9.59 Å². The van der Waals surface area contributed by atoms with Crippen molar-refractivity contribution < 1.29 is 19.8 Å².